The molecule has 110 valence electrons. The molecule has 21 heavy (non-hydrogen) atoms. The van der Waals surface area contributed by atoms with Crippen molar-refractivity contribution in [3.05, 3.63) is 53.3 Å². The molecule has 0 aliphatic heterocycles. The quantitative estimate of drug-likeness (QED) is 0.688. The smallest absolute Gasteiger partial charge is 0.339 e. The minimum atomic E-state index is -3.88. The van der Waals surface area contributed by atoms with Crippen LogP contribution in [0.1, 0.15) is 10.4 Å². The number of aromatic nitrogens is 1. The molecule has 0 unspecified atom stereocenters. The molecular formula is C13H11ClN2O4S. The van der Waals surface area contributed by atoms with E-state index < -0.39 is 16.0 Å². The van der Waals surface area contributed by atoms with Crippen LogP contribution in [0, 0.1) is 0 Å². The number of hydrogen-bond acceptors (Lipinski definition) is 5. The molecule has 0 bridgehead atoms. The molecule has 2 rings (SSSR count). The maximum absolute atomic E-state index is 12.3. The Morgan fingerprint density at radius 2 is 2.00 bits per heavy atom. The van der Waals surface area contributed by atoms with Gasteiger partial charge in [-0.1, -0.05) is 23.7 Å². The first-order chi connectivity index (χ1) is 9.94. The second-order valence-corrected chi connectivity index (χ2v) is 6.03. The van der Waals surface area contributed by atoms with Gasteiger partial charge in [-0.05, 0) is 24.3 Å². The van der Waals surface area contributed by atoms with E-state index in [0.717, 1.165) is 0 Å². The maximum atomic E-state index is 12.3. The van der Waals surface area contributed by atoms with Crippen LogP contribution in [0.25, 0.3) is 0 Å². The summed E-state index contributed by atoms with van der Waals surface area (Å²) in [7, 11) is -2.66. The Morgan fingerprint density at radius 3 is 2.67 bits per heavy atom. The average molecular weight is 327 g/mol. The summed E-state index contributed by atoms with van der Waals surface area (Å²) < 4.78 is 31.5. The highest BCUT2D eigenvalue weighted by atomic mass is 35.5. The molecule has 0 radical (unpaired) electrons. The number of sulfonamides is 1. The maximum Gasteiger partial charge on any atom is 0.339 e. The van der Waals surface area contributed by atoms with E-state index in [4.69, 9.17) is 11.6 Å². The highest BCUT2D eigenvalue weighted by Crippen LogP contribution is 2.21. The van der Waals surface area contributed by atoms with Crippen LogP contribution in [0.3, 0.4) is 0 Å². The van der Waals surface area contributed by atoms with Crippen molar-refractivity contribution in [2.24, 2.45) is 0 Å². The highest BCUT2D eigenvalue weighted by Gasteiger charge is 2.19. The second kappa shape index (κ2) is 6.11. The van der Waals surface area contributed by atoms with Crippen molar-refractivity contribution >= 4 is 33.3 Å². The monoisotopic (exact) mass is 326 g/mol. The van der Waals surface area contributed by atoms with E-state index >= 15 is 0 Å². The van der Waals surface area contributed by atoms with Gasteiger partial charge in [0.05, 0.1) is 23.3 Å². The van der Waals surface area contributed by atoms with Crippen molar-refractivity contribution in [2.75, 3.05) is 11.8 Å². The number of anilines is 1. The minimum Gasteiger partial charge on any atom is -0.465 e. The van der Waals surface area contributed by atoms with E-state index in [1.165, 1.54) is 37.6 Å². The molecule has 1 aromatic carbocycles. The molecule has 0 fully saturated rings. The number of esters is 1. The van der Waals surface area contributed by atoms with Crippen LogP contribution < -0.4 is 4.72 Å². The Morgan fingerprint density at radius 1 is 1.29 bits per heavy atom. The molecule has 8 heteroatoms. The molecule has 6 nitrogen and oxygen atoms in total. The Hall–Kier alpha value is -2.12. The Kier molecular flexibility index (Phi) is 4.44. The second-order valence-electron chi connectivity index (χ2n) is 3.96. The van der Waals surface area contributed by atoms with Gasteiger partial charge in [-0.3, -0.25) is 4.72 Å². The van der Waals surface area contributed by atoms with Gasteiger partial charge in [0.25, 0.3) is 10.0 Å². The molecule has 0 spiro atoms. The highest BCUT2D eigenvalue weighted by molar-refractivity contribution is 7.92. The van der Waals surface area contributed by atoms with Crippen molar-refractivity contribution in [3.8, 4) is 0 Å². The number of hydrogen-bond donors (Lipinski definition) is 1. The van der Waals surface area contributed by atoms with E-state index in [1.54, 1.807) is 12.1 Å². The first-order valence-electron chi connectivity index (χ1n) is 5.76. The Labute approximate surface area is 126 Å². The van der Waals surface area contributed by atoms with Crippen LogP contribution in [-0.4, -0.2) is 26.5 Å². The number of rotatable bonds is 4. The largest absolute Gasteiger partial charge is 0.465 e. The number of nitrogens with one attached hydrogen (secondary N) is 1. The van der Waals surface area contributed by atoms with Gasteiger partial charge in [-0.25, -0.2) is 18.2 Å². The van der Waals surface area contributed by atoms with Crippen molar-refractivity contribution < 1.29 is 17.9 Å². The third-order valence-corrected chi connectivity index (χ3v) is 4.15. The summed E-state index contributed by atoms with van der Waals surface area (Å²) in [6.45, 7) is 0. The molecular weight excluding hydrogens is 316 g/mol. The number of para-hydroxylation sites is 1. The SMILES string of the molecule is COC(=O)c1ccccc1NS(=O)(=O)c1ccnc(Cl)c1. The third-order valence-electron chi connectivity index (χ3n) is 2.59. The van der Waals surface area contributed by atoms with Crippen LogP contribution in [0.2, 0.25) is 5.15 Å². The molecule has 0 aliphatic rings. The molecule has 1 aromatic heterocycles. The van der Waals surface area contributed by atoms with E-state index in [1.807, 2.05) is 0 Å². The van der Waals surface area contributed by atoms with Gasteiger partial charge in [-0.2, -0.15) is 0 Å². The predicted octanol–water partition coefficient (Wildman–Crippen LogP) is 2.32. The molecule has 1 heterocycles. The number of methoxy groups -OCH3 is 1. The van der Waals surface area contributed by atoms with Gasteiger partial charge in [0.2, 0.25) is 0 Å². The van der Waals surface area contributed by atoms with Gasteiger partial charge in [0, 0.05) is 6.20 Å². The molecule has 1 N–H and O–H groups in total. The Bertz CT molecular complexity index is 777. The normalized spacial score (nSPS) is 11.0. The number of benzene rings is 1. The summed E-state index contributed by atoms with van der Waals surface area (Å²) in [6.07, 6.45) is 1.28. The minimum absolute atomic E-state index is 0.0535. The van der Waals surface area contributed by atoms with Crippen molar-refractivity contribution in [2.45, 2.75) is 4.90 Å². The Balaban J connectivity index is 2.40. The summed E-state index contributed by atoms with van der Waals surface area (Å²) in [5.74, 6) is -0.638. The number of halogens is 1. The van der Waals surface area contributed by atoms with Crippen molar-refractivity contribution in [1.82, 2.24) is 4.98 Å². The van der Waals surface area contributed by atoms with Crippen molar-refractivity contribution in [3.63, 3.8) is 0 Å². The first-order valence-corrected chi connectivity index (χ1v) is 7.62. The standard InChI is InChI=1S/C13H11ClN2O4S/c1-20-13(17)10-4-2-3-5-11(10)16-21(18,19)9-6-7-15-12(14)8-9/h2-8,16H,1H3. The van der Waals surface area contributed by atoms with Crippen LogP contribution in [0.15, 0.2) is 47.5 Å². The molecule has 0 aliphatic carbocycles. The van der Waals surface area contributed by atoms with E-state index in [0.29, 0.717) is 0 Å². The number of pyridine rings is 1. The number of nitrogens with zero attached hydrogens (tertiary/aromatic N) is 1. The fourth-order valence-corrected chi connectivity index (χ4v) is 2.95. The van der Waals surface area contributed by atoms with E-state index in [2.05, 4.69) is 14.4 Å². The van der Waals surface area contributed by atoms with Crippen LogP contribution in [-0.2, 0) is 14.8 Å². The summed E-state index contributed by atoms with van der Waals surface area (Å²) in [6, 6.07) is 8.65. The lowest BCUT2D eigenvalue weighted by molar-refractivity contribution is 0.0602. The number of carbonyl (C=O) groups is 1. The summed E-state index contributed by atoms with van der Waals surface area (Å²) in [5, 5.41) is 0.0547. The zero-order valence-corrected chi connectivity index (χ0v) is 12.5. The predicted molar refractivity (Wildman–Crippen MR) is 77.8 cm³/mol. The zero-order chi connectivity index (χ0) is 15.5. The summed E-state index contributed by atoms with van der Waals surface area (Å²) >= 11 is 5.68. The van der Waals surface area contributed by atoms with E-state index in [9.17, 15) is 13.2 Å². The molecule has 0 saturated carbocycles. The number of carbonyl (C=O) groups excluding carboxylic acids is 1. The van der Waals surface area contributed by atoms with Gasteiger partial charge in [0.1, 0.15) is 5.15 Å². The molecule has 0 saturated heterocycles. The fourth-order valence-electron chi connectivity index (χ4n) is 1.62. The van der Waals surface area contributed by atoms with Crippen LogP contribution >= 0.6 is 11.6 Å². The number of ether oxygens (including phenoxy) is 1. The topological polar surface area (TPSA) is 85.4 Å². The van der Waals surface area contributed by atoms with Gasteiger partial charge < -0.3 is 4.74 Å². The van der Waals surface area contributed by atoms with Gasteiger partial charge in [0.15, 0.2) is 0 Å². The first kappa shape index (κ1) is 15.3. The van der Waals surface area contributed by atoms with Gasteiger partial charge in [-0.15, -0.1) is 0 Å². The fraction of sp³-hybridized carbons (Fsp3) is 0.0769. The third kappa shape index (κ3) is 3.50. The average Bonchev–Trinajstić information content (AvgIpc) is 2.46. The summed E-state index contributed by atoms with van der Waals surface area (Å²) in [5.41, 5.74) is 0.237. The molecule has 2 aromatic rings. The van der Waals surface area contributed by atoms with Crippen LogP contribution in [0.5, 0.6) is 0 Å². The lowest BCUT2D eigenvalue weighted by atomic mass is 10.2. The van der Waals surface area contributed by atoms with Crippen molar-refractivity contribution in [1.29, 1.82) is 0 Å². The lowest BCUT2D eigenvalue weighted by Gasteiger charge is -2.11. The lowest BCUT2D eigenvalue weighted by Crippen LogP contribution is -2.16. The molecule has 0 amide bonds. The molecule has 0 atom stereocenters. The summed E-state index contributed by atoms with van der Waals surface area (Å²) in [4.78, 5) is 15.3. The van der Waals surface area contributed by atoms with Crippen LogP contribution in [0.4, 0.5) is 5.69 Å². The zero-order valence-electron chi connectivity index (χ0n) is 10.9. The van der Waals surface area contributed by atoms with E-state index in [-0.39, 0.29) is 21.3 Å². The van der Waals surface area contributed by atoms with Gasteiger partial charge >= 0.3 is 5.97 Å².